The first-order chi connectivity index (χ1) is 8.69. The second kappa shape index (κ2) is 5.78. The van der Waals surface area contributed by atoms with E-state index in [0.717, 1.165) is 5.75 Å². The van der Waals surface area contributed by atoms with Crippen molar-refractivity contribution in [3.63, 3.8) is 0 Å². The molecular formula is C10H14N6OS. The van der Waals surface area contributed by atoms with E-state index in [1.54, 1.807) is 18.5 Å². The van der Waals surface area contributed by atoms with Gasteiger partial charge in [0.05, 0.1) is 0 Å². The zero-order valence-corrected chi connectivity index (χ0v) is 10.7. The van der Waals surface area contributed by atoms with E-state index in [9.17, 15) is 0 Å². The number of nitrogen functional groups attached to an aromatic ring is 1. The summed E-state index contributed by atoms with van der Waals surface area (Å²) in [6, 6.07) is 1.78. The Labute approximate surface area is 108 Å². The molecule has 2 rings (SSSR count). The molecule has 0 aliphatic rings. The van der Waals surface area contributed by atoms with Gasteiger partial charge >= 0.3 is 0 Å². The third-order valence-corrected chi connectivity index (χ3v) is 3.31. The maximum atomic E-state index is 8.97. The van der Waals surface area contributed by atoms with Gasteiger partial charge in [0.15, 0.2) is 5.16 Å². The van der Waals surface area contributed by atoms with E-state index in [4.69, 9.17) is 10.8 Å². The van der Waals surface area contributed by atoms with Crippen molar-refractivity contribution in [2.75, 3.05) is 18.1 Å². The van der Waals surface area contributed by atoms with Crippen LogP contribution in [0.3, 0.4) is 0 Å². The molecule has 0 spiro atoms. The zero-order valence-electron chi connectivity index (χ0n) is 9.89. The average molecular weight is 266 g/mol. The van der Waals surface area contributed by atoms with Gasteiger partial charge in [-0.3, -0.25) is 0 Å². The van der Waals surface area contributed by atoms with Crippen molar-refractivity contribution in [3.05, 3.63) is 18.5 Å². The van der Waals surface area contributed by atoms with E-state index in [1.165, 1.54) is 16.4 Å². The van der Waals surface area contributed by atoms with Crippen molar-refractivity contribution in [3.8, 4) is 5.95 Å². The van der Waals surface area contributed by atoms with Crippen LogP contribution in [0.15, 0.2) is 23.6 Å². The fourth-order valence-corrected chi connectivity index (χ4v) is 2.03. The lowest BCUT2D eigenvalue weighted by Crippen LogP contribution is -2.09. The van der Waals surface area contributed by atoms with E-state index in [-0.39, 0.29) is 18.5 Å². The number of anilines is 1. The Morgan fingerprint density at radius 3 is 2.94 bits per heavy atom. The van der Waals surface area contributed by atoms with Gasteiger partial charge in [0, 0.05) is 24.8 Å². The Kier molecular flexibility index (Phi) is 4.11. The smallest absolute Gasteiger partial charge is 0.256 e. The average Bonchev–Trinajstić information content (AvgIpc) is 2.89. The number of hydrogen-bond donors (Lipinski definition) is 2. The van der Waals surface area contributed by atoms with Gasteiger partial charge in [-0.05, 0) is 12.0 Å². The second-order valence-corrected chi connectivity index (χ2v) is 4.81. The van der Waals surface area contributed by atoms with Gasteiger partial charge in [-0.25, -0.2) is 4.68 Å². The van der Waals surface area contributed by atoms with Crippen LogP contribution in [0.25, 0.3) is 5.95 Å². The summed E-state index contributed by atoms with van der Waals surface area (Å²) in [5.74, 6) is 1.46. The van der Waals surface area contributed by atoms with Crippen molar-refractivity contribution in [1.82, 2.24) is 24.7 Å². The number of nitrogens with zero attached hydrogens (tertiary/aromatic N) is 5. The quantitative estimate of drug-likeness (QED) is 0.753. The van der Waals surface area contributed by atoms with E-state index >= 15 is 0 Å². The summed E-state index contributed by atoms with van der Waals surface area (Å²) >= 11 is 1.44. The molecule has 2 heterocycles. The van der Waals surface area contributed by atoms with Crippen LogP contribution in [0.2, 0.25) is 0 Å². The number of aliphatic hydroxyl groups is 1. The Balaban J connectivity index is 2.17. The normalized spacial score (nSPS) is 12.6. The molecule has 0 aliphatic heterocycles. The molecule has 1 unspecified atom stereocenters. The minimum Gasteiger partial charge on any atom is -0.396 e. The Bertz CT molecular complexity index is 503. The van der Waals surface area contributed by atoms with Crippen LogP contribution in [0.1, 0.15) is 6.92 Å². The molecule has 18 heavy (non-hydrogen) atoms. The fourth-order valence-electron chi connectivity index (χ4n) is 1.18. The first-order valence-corrected chi connectivity index (χ1v) is 6.43. The number of rotatable bonds is 5. The summed E-state index contributed by atoms with van der Waals surface area (Å²) in [6.45, 7) is 2.09. The molecule has 0 aliphatic carbocycles. The van der Waals surface area contributed by atoms with Crippen LogP contribution in [0.4, 0.5) is 5.95 Å². The van der Waals surface area contributed by atoms with Crippen LogP contribution in [-0.4, -0.2) is 42.2 Å². The molecule has 2 aromatic heterocycles. The summed E-state index contributed by atoms with van der Waals surface area (Å²) < 4.78 is 1.53. The van der Waals surface area contributed by atoms with Gasteiger partial charge in [-0.15, -0.1) is 0 Å². The first-order valence-electron chi connectivity index (χ1n) is 5.44. The minimum atomic E-state index is 0.138. The van der Waals surface area contributed by atoms with Gasteiger partial charge in [0.2, 0.25) is 5.95 Å². The number of nitrogens with two attached hydrogens (primary N) is 1. The molecule has 0 saturated carbocycles. The lowest BCUT2D eigenvalue weighted by atomic mass is 10.2. The lowest BCUT2D eigenvalue weighted by molar-refractivity contribution is 0.250. The highest BCUT2D eigenvalue weighted by atomic mass is 32.2. The standard InChI is InChI=1S/C10H14N6OS/c1-7(5-17)6-18-10-14-8(11)13-9(15-10)16-4-2-3-12-16/h2-4,7,17H,5-6H2,1H3,(H2,11,13,14,15). The summed E-state index contributed by atoms with van der Waals surface area (Å²) in [5, 5.41) is 13.5. The lowest BCUT2D eigenvalue weighted by Gasteiger charge is -2.07. The Hall–Kier alpha value is -1.67. The number of thioether (sulfide) groups is 1. The van der Waals surface area contributed by atoms with Crippen molar-refractivity contribution < 1.29 is 5.11 Å². The van der Waals surface area contributed by atoms with Crippen molar-refractivity contribution in [2.45, 2.75) is 12.1 Å². The van der Waals surface area contributed by atoms with Crippen LogP contribution < -0.4 is 5.73 Å². The first kappa shape index (κ1) is 12.8. The van der Waals surface area contributed by atoms with Crippen molar-refractivity contribution >= 4 is 17.7 Å². The van der Waals surface area contributed by atoms with Crippen LogP contribution in [-0.2, 0) is 0 Å². The molecule has 0 aromatic carbocycles. The molecule has 1 atom stereocenters. The maximum absolute atomic E-state index is 8.97. The zero-order chi connectivity index (χ0) is 13.0. The van der Waals surface area contributed by atoms with Gasteiger partial charge in [-0.1, -0.05) is 18.7 Å². The molecule has 8 heteroatoms. The van der Waals surface area contributed by atoms with E-state index < -0.39 is 0 Å². The monoisotopic (exact) mass is 266 g/mol. The summed E-state index contributed by atoms with van der Waals surface area (Å²) in [6.07, 6.45) is 3.38. The maximum Gasteiger partial charge on any atom is 0.256 e. The minimum absolute atomic E-state index is 0.138. The molecule has 0 fully saturated rings. The van der Waals surface area contributed by atoms with Crippen LogP contribution in [0, 0.1) is 5.92 Å². The molecule has 0 radical (unpaired) electrons. The third kappa shape index (κ3) is 3.17. The highest BCUT2D eigenvalue weighted by molar-refractivity contribution is 7.99. The number of hydrogen-bond acceptors (Lipinski definition) is 7. The fraction of sp³-hybridized carbons (Fsp3) is 0.400. The summed E-state index contributed by atoms with van der Waals surface area (Å²) in [5.41, 5.74) is 5.64. The second-order valence-electron chi connectivity index (χ2n) is 3.83. The van der Waals surface area contributed by atoms with E-state index in [0.29, 0.717) is 11.1 Å². The predicted octanol–water partition coefficient (Wildman–Crippen LogP) is 0.360. The highest BCUT2D eigenvalue weighted by Crippen LogP contribution is 2.17. The van der Waals surface area contributed by atoms with Crippen LogP contribution >= 0.6 is 11.8 Å². The SMILES string of the molecule is CC(CO)CSc1nc(N)nc(-n2cccn2)n1. The van der Waals surface area contributed by atoms with Crippen LogP contribution in [0.5, 0.6) is 0 Å². The molecule has 7 nitrogen and oxygen atoms in total. The van der Waals surface area contributed by atoms with Gasteiger partial charge in [-0.2, -0.15) is 20.1 Å². The van der Waals surface area contributed by atoms with Crippen molar-refractivity contribution in [2.24, 2.45) is 5.92 Å². The Morgan fingerprint density at radius 1 is 1.44 bits per heavy atom. The van der Waals surface area contributed by atoms with Gasteiger partial charge in [0.25, 0.3) is 5.95 Å². The largest absolute Gasteiger partial charge is 0.396 e. The van der Waals surface area contributed by atoms with Gasteiger partial charge < -0.3 is 10.8 Å². The van der Waals surface area contributed by atoms with E-state index in [1.807, 2.05) is 6.92 Å². The van der Waals surface area contributed by atoms with Crippen molar-refractivity contribution in [1.29, 1.82) is 0 Å². The molecule has 2 aromatic rings. The Morgan fingerprint density at radius 2 is 2.28 bits per heavy atom. The summed E-state index contributed by atoms with van der Waals surface area (Å²) in [7, 11) is 0. The van der Waals surface area contributed by atoms with Gasteiger partial charge in [0.1, 0.15) is 0 Å². The third-order valence-electron chi connectivity index (χ3n) is 2.14. The molecule has 3 N–H and O–H groups in total. The van der Waals surface area contributed by atoms with E-state index in [2.05, 4.69) is 20.1 Å². The molecule has 0 bridgehead atoms. The number of aromatic nitrogens is 5. The molecule has 96 valence electrons. The summed E-state index contributed by atoms with van der Waals surface area (Å²) in [4.78, 5) is 12.3. The number of aliphatic hydroxyl groups excluding tert-OH is 1. The molecular weight excluding hydrogens is 252 g/mol. The topological polar surface area (TPSA) is 103 Å². The molecule has 0 saturated heterocycles. The predicted molar refractivity (Wildman–Crippen MR) is 68.3 cm³/mol. The molecule has 0 amide bonds. The highest BCUT2D eigenvalue weighted by Gasteiger charge is 2.09.